The van der Waals surface area contributed by atoms with Crippen molar-refractivity contribution >= 4 is 41.4 Å². The first kappa shape index (κ1) is 28.0. The molecule has 0 bridgehead atoms. The van der Waals surface area contributed by atoms with Gasteiger partial charge in [0, 0.05) is 18.4 Å². The van der Waals surface area contributed by atoms with Gasteiger partial charge in [-0.25, -0.2) is 4.79 Å². The van der Waals surface area contributed by atoms with E-state index in [-0.39, 0.29) is 11.3 Å². The molecule has 0 amide bonds. The first-order valence-electron chi connectivity index (χ1n) is 14.6. The number of aryl methyl sites for hydroxylation is 1. The number of phenolic OH excluding ortho intramolecular Hbond substituents is 1. The standard InChI is InChI=1S/C36H38N2O3Si/c1-21-16-23(35(40)41)8-14-27(21)34-28-15-11-25(38(5)24-9-12-26(39)13-10-24)17-32(28)42(6,7)33-19-31-29(18-30(33)34)22(2)20-36(3,4)37-31/h8-19,22,39H,20H2,1-7H3,(H,40,41). The summed E-state index contributed by atoms with van der Waals surface area (Å²) < 4.78 is 0. The van der Waals surface area contributed by atoms with Crippen LogP contribution in [0.3, 0.4) is 0 Å². The van der Waals surface area contributed by atoms with Gasteiger partial charge in [-0.15, -0.1) is 0 Å². The molecule has 4 aromatic rings. The van der Waals surface area contributed by atoms with E-state index >= 15 is 0 Å². The number of carbonyl (C=O) groups is 1. The number of aromatic hydroxyl groups is 1. The van der Waals surface area contributed by atoms with Crippen LogP contribution in [-0.2, 0) is 0 Å². The van der Waals surface area contributed by atoms with Gasteiger partial charge < -0.3 is 15.1 Å². The third-order valence-electron chi connectivity index (χ3n) is 9.18. The van der Waals surface area contributed by atoms with E-state index in [2.05, 4.69) is 76.1 Å². The van der Waals surface area contributed by atoms with Crippen molar-refractivity contribution in [2.24, 2.45) is 4.99 Å². The highest BCUT2D eigenvalue weighted by molar-refractivity contribution is 7.01. The Morgan fingerprint density at radius 1 is 0.929 bits per heavy atom. The molecule has 0 aliphatic carbocycles. The predicted molar refractivity (Wildman–Crippen MR) is 173 cm³/mol. The van der Waals surface area contributed by atoms with E-state index in [1.807, 2.05) is 25.1 Å². The van der Waals surface area contributed by atoms with Gasteiger partial charge in [-0.3, -0.25) is 4.99 Å². The van der Waals surface area contributed by atoms with Gasteiger partial charge in [0.2, 0.25) is 0 Å². The SMILES string of the molecule is Cc1cc(C(=O)O)ccc1C1=c2cc3c(cc2[Si](C)(C)c2cc(N(C)c4ccc(O)cc4)ccc21)=NC(C)(C)CC3C. The molecule has 2 heterocycles. The summed E-state index contributed by atoms with van der Waals surface area (Å²) in [4.78, 5) is 19.1. The quantitative estimate of drug-likeness (QED) is 0.318. The number of anilines is 2. The van der Waals surface area contributed by atoms with Crippen LogP contribution in [0.25, 0.3) is 5.57 Å². The maximum absolute atomic E-state index is 11.8. The fourth-order valence-electron chi connectivity index (χ4n) is 7.01. The molecule has 6 heteroatoms. The molecule has 0 radical (unpaired) electrons. The van der Waals surface area contributed by atoms with Crippen LogP contribution in [0.15, 0.2) is 77.8 Å². The number of phenols is 1. The molecule has 0 saturated carbocycles. The van der Waals surface area contributed by atoms with Crippen molar-refractivity contribution in [1.29, 1.82) is 0 Å². The summed E-state index contributed by atoms with van der Waals surface area (Å²) in [5, 5.41) is 24.5. The van der Waals surface area contributed by atoms with E-state index in [0.29, 0.717) is 11.5 Å². The van der Waals surface area contributed by atoms with E-state index in [9.17, 15) is 15.0 Å². The van der Waals surface area contributed by atoms with Gasteiger partial charge in [-0.2, -0.15) is 0 Å². The lowest BCUT2D eigenvalue weighted by Crippen LogP contribution is -2.64. The molecule has 2 aliphatic heterocycles. The lowest BCUT2D eigenvalue weighted by Gasteiger charge is -2.36. The highest BCUT2D eigenvalue weighted by Crippen LogP contribution is 2.33. The second kappa shape index (κ2) is 9.70. The summed E-state index contributed by atoms with van der Waals surface area (Å²) in [7, 11) is -0.156. The highest BCUT2D eigenvalue weighted by Gasteiger charge is 2.37. The Bertz CT molecular complexity index is 1890. The zero-order valence-electron chi connectivity index (χ0n) is 25.4. The number of aromatic carboxylic acids is 1. The predicted octanol–water partition coefficient (Wildman–Crippen LogP) is 5.46. The highest BCUT2D eigenvalue weighted by atomic mass is 28.3. The summed E-state index contributed by atoms with van der Waals surface area (Å²) in [6, 6.07) is 24.3. The molecule has 1 unspecified atom stereocenters. The van der Waals surface area contributed by atoms with Crippen LogP contribution < -0.4 is 25.8 Å². The minimum atomic E-state index is -2.21. The number of nitrogens with zero attached hydrogens (tertiary/aromatic N) is 2. The van der Waals surface area contributed by atoms with Crippen molar-refractivity contribution in [3.63, 3.8) is 0 Å². The minimum Gasteiger partial charge on any atom is -0.508 e. The van der Waals surface area contributed by atoms with Gasteiger partial charge in [0.15, 0.2) is 0 Å². The topological polar surface area (TPSA) is 73.1 Å². The van der Waals surface area contributed by atoms with E-state index in [4.69, 9.17) is 4.99 Å². The van der Waals surface area contributed by atoms with Crippen molar-refractivity contribution in [3.05, 3.63) is 111 Å². The van der Waals surface area contributed by atoms with Crippen molar-refractivity contribution in [2.75, 3.05) is 11.9 Å². The van der Waals surface area contributed by atoms with E-state index in [1.54, 1.807) is 24.3 Å². The van der Waals surface area contributed by atoms with Gasteiger partial charge in [0.1, 0.15) is 13.8 Å². The maximum atomic E-state index is 11.8. The Balaban J connectivity index is 1.67. The van der Waals surface area contributed by atoms with Crippen LogP contribution in [0.1, 0.15) is 65.7 Å². The molecule has 1 atom stereocenters. The molecule has 0 fully saturated rings. The third kappa shape index (κ3) is 4.54. The fourth-order valence-corrected chi connectivity index (χ4v) is 10.1. The first-order chi connectivity index (χ1) is 19.8. The van der Waals surface area contributed by atoms with Gasteiger partial charge in [0.25, 0.3) is 0 Å². The Morgan fingerprint density at radius 3 is 2.26 bits per heavy atom. The lowest BCUT2D eigenvalue weighted by molar-refractivity contribution is 0.0696. The molecule has 214 valence electrons. The number of hydrogen-bond acceptors (Lipinski definition) is 4. The molecule has 42 heavy (non-hydrogen) atoms. The van der Waals surface area contributed by atoms with Crippen LogP contribution in [0.5, 0.6) is 5.75 Å². The summed E-state index contributed by atoms with van der Waals surface area (Å²) >= 11 is 0. The van der Waals surface area contributed by atoms with Crippen LogP contribution in [0.4, 0.5) is 11.4 Å². The van der Waals surface area contributed by atoms with Crippen molar-refractivity contribution in [1.82, 2.24) is 0 Å². The summed E-state index contributed by atoms with van der Waals surface area (Å²) in [5.41, 5.74) is 7.96. The molecule has 4 aromatic carbocycles. The van der Waals surface area contributed by atoms with Gasteiger partial charge in [-0.1, -0.05) is 32.2 Å². The van der Waals surface area contributed by atoms with Crippen LogP contribution in [0.2, 0.25) is 13.1 Å². The number of rotatable bonds is 4. The van der Waals surface area contributed by atoms with Gasteiger partial charge >= 0.3 is 5.97 Å². The molecular weight excluding hydrogens is 536 g/mol. The van der Waals surface area contributed by atoms with Gasteiger partial charge in [0.05, 0.1) is 16.5 Å². The zero-order chi connectivity index (χ0) is 30.1. The summed E-state index contributed by atoms with van der Waals surface area (Å²) in [5.74, 6) is -0.277. The first-order valence-corrected chi connectivity index (χ1v) is 17.6. The minimum absolute atomic E-state index is 0.102. The van der Waals surface area contributed by atoms with Crippen LogP contribution in [-0.4, -0.2) is 36.8 Å². The lowest BCUT2D eigenvalue weighted by atomic mass is 9.83. The summed E-state index contributed by atoms with van der Waals surface area (Å²) in [6.45, 7) is 13.6. The van der Waals surface area contributed by atoms with Crippen LogP contribution >= 0.6 is 0 Å². The third-order valence-corrected chi connectivity index (χ3v) is 12.7. The molecule has 6 rings (SSSR count). The van der Waals surface area contributed by atoms with Crippen molar-refractivity contribution in [2.45, 2.75) is 58.7 Å². The number of carboxylic acid groups (broad SMARTS) is 1. The Kier molecular flexibility index (Phi) is 6.46. The average molecular weight is 575 g/mol. The average Bonchev–Trinajstić information content (AvgIpc) is 2.93. The summed E-state index contributed by atoms with van der Waals surface area (Å²) in [6.07, 6.45) is 1.00. The fraction of sp³-hybridized carbons (Fsp3) is 0.278. The second-order valence-electron chi connectivity index (χ2n) is 13.1. The molecular formula is C36H38N2O3Si. The number of hydrogen-bond donors (Lipinski definition) is 2. The van der Waals surface area contributed by atoms with E-state index in [0.717, 1.165) is 34.3 Å². The monoisotopic (exact) mass is 574 g/mol. The Labute approximate surface area is 248 Å². The van der Waals surface area contributed by atoms with Gasteiger partial charge in [-0.05, 0) is 137 Å². The van der Waals surface area contributed by atoms with E-state index < -0.39 is 14.0 Å². The molecule has 2 aliphatic rings. The molecule has 5 nitrogen and oxygen atoms in total. The second-order valence-corrected chi connectivity index (χ2v) is 17.5. The number of carboxylic acids is 1. The maximum Gasteiger partial charge on any atom is 0.335 e. The Hall–Kier alpha value is -4.16. The molecule has 0 aromatic heterocycles. The molecule has 0 spiro atoms. The number of fused-ring (bicyclic) bond motifs is 3. The van der Waals surface area contributed by atoms with E-state index in [1.165, 1.54) is 32.3 Å². The normalized spacial score (nSPS) is 17.9. The zero-order valence-corrected chi connectivity index (χ0v) is 26.4. The molecule has 0 saturated heterocycles. The van der Waals surface area contributed by atoms with Crippen LogP contribution in [0, 0.1) is 6.92 Å². The van der Waals surface area contributed by atoms with Crippen molar-refractivity contribution < 1.29 is 15.0 Å². The smallest absolute Gasteiger partial charge is 0.335 e. The molecule has 2 N–H and O–H groups in total. The number of benzene rings is 4. The van der Waals surface area contributed by atoms with Crippen molar-refractivity contribution in [3.8, 4) is 5.75 Å². The largest absolute Gasteiger partial charge is 0.508 e. The Morgan fingerprint density at radius 2 is 1.60 bits per heavy atom.